The number of carbonyl (C=O) groups is 3. The number of ether oxygens (including phenoxy) is 1. The van der Waals surface area contributed by atoms with Gasteiger partial charge in [-0.3, -0.25) is 14.4 Å². The van der Waals surface area contributed by atoms with Crippen LogP contribution < -0.4 is 16.0 Å². The van der Waals surface area contributed by atoms with Crippen molar-refractivity contribution in [3.63, 3.8) is 0 Å². The Kier molecular flexibility index (Phi) is 8.26. The minimum atomic E-state index is -0.155. The van der Waals surface area contributed by atoms with Crippen LogP contribution in [0.3, 0.4) is 0 Å². The van der Waals surface area contributed by atoms with Crippen molar-refractivity contribution in [1.29, 1.82) is 0 Å². The maximum Gasteiger partial charge on any atom is 0.227 e. The number of hydrogen-bond acceptors (Lipinski definition) is 4. The second-order valence-electron chi connectivity index (χ2n) is 6.94. The molecule has 3 amide bonds. The summed E-state index contributed by atoms with van der Waals surface area (Å²) in [6, 6.07) is 7.08. The van der Waals surface area contributed by atoms with Crippen LogP contribution in [0.15, 0.2) is 24.3 Å². The minimum absolute atomic E-state index is 0.0142. The van der Waals surface area contributed by atoms with E-state index in [-0.39, 0.29) is 29.6 Å². The van der Waals surface area contributed by atoms with Gasteiger partial charge in [-0.15, -0.1) is 0 Å². The molecule has 148 valence electrons. The first-order valence-corrected chi connectivity index (χ1v) is 9.44. The zero-order chi connectivity index (χ0) is 19.6. The molecule has 1 saturated carbocycles. The standard InChI is InChI=1S/C20H29N3O4/c1-14(24)22-17-5-3-6-18(13-17)23-20(26)16-9-7-15(8-10-16)19(25)21-11-4-12-27-2/h3,5-6,13,15-16H,4,7-12H2,1-2H3,(H,21,25)(H,22,24)(H,23,26). The van der Waals surface area contributed by atoms with Crippen LogP contribution >= 0.6 is 0 Å². The molecule has 0 radical (unpaired) electrons. The van der Waals surface area contributed by atoms with Crippen molar-refractivity contribution in [2.75, 3.05) is 30.9 Å². The van der Waals surface area contributed by atoms with E-state index in [1.54, 1.807) is 31.4 Å². The lowest BCUT2D eigenvalue weighted by Crippen LogP contribution is -2.36. The van der Waals surface area contributed by atoms with E-state index in [4.69, 9.17) is 4.74 Å². The van der Waals surface area contributed by atoms with Gasteiger partial charge in [-0.1, -0.05) is 6.07 Å². The van der Waals surface area contributed by atoms with Crippen LogP contribution in [0, 0.1) is 11.8 Å². The lowest BCUT2D eigenvalue weighted by atomic mass is 9.81. The SMILES string of the molecule is COCCCNC(=O)C1CCC(C(=O)Nc2cccc(NC(C)=O)c2)CC1. The molecule has 3 N–H and O–H groups in total. The zero-order valence-electron chi connectivity index (χ0n) is 16.0. The predicted octanol–water partition coefficient (Wildman–Crippen LogP) is 2.54. The number of amides is 3. The lowest BCUT2D eigenvalue weighted by molar-refractivity contribution is -0.128. The molecule has 1 aromatic carbocycles. The van der Waals surface area contributed by atoms with Crippen LogP contribution in [0.4, 0.5) is 11.4 Å². The number of rotatable bonds is 8. The molecular weight excluding hydrogens is 346 g/mol. The Bertz CT molecular complexity index is 654. The van der Waals surface area contributed by atoms with Gasteiger partial charge < -0.3 is 20.7 Å². The van der Waals surface area contributed by atoms with Gasteiger partial charge in [-0.25, -0.2) is 0 Å². The third-order valence-corrected chi connectivity index (χ3v) is 4.74. The van der Waals surface area contributed by atoms with Crippen molar-refractivity contribution in [2.45, 2.75) is 39.0 Å². The Hall–Kier alpha value is -2.41. The second kappa shape index (κ2) is 10.7. The van der Waals surface area contributed by atoms with E-state index >= 15 is 0 Å². The number of anilines is 2. The highest BCUT2D eigenvalue weighted by Gasteiger charge is 2.29. The van der Waals surface area contributed by atoms with Gasteiger partial charge in [0, 0.05) is 50.4 Å². The zero-order valence-corrected chi connectivity index (χ0v) is 16.0. The number of benzene rings is 1. The Morgan fingerprint density at radius 3 is 2.19 bits per heavy atom. The molecule has 0 bridgehead atoms. The van der Waals surface area contributed by atoms with E-state index in [0.717, 1.165) is 19.3 Å². The quantitative estimate of drug-likeness (QED) is 0.608. The predicted molar refractivity (Wildman–Crippen MR) is 104 cm³/mol. The topological polar surface area (TPSA) is 96.5 Å². The normalized spacial score (nSPS) is 19.2. The largest absolute Gasteiger partial charge is 0.385 e. The number of methoxy groups -OCH3 is 1. The van der Waals surface area contributed by atoms with E-state index in [9.17, 15) is 14.4 Å². The number of hydrogen-bond donors (Lipinski definition) is 3. The highest BCUT2D eigenvalue weighted by molar-refractivity contribution is 5.94. The van der Waals surface area contributed by atoms with Crippen molar-refractivity contribution in [3.8, 4) is 0 Å². The average molecular weight is 375 g/mol. The minimum Gasteiger partial charge on any atom is -0.385 e. The first-order valence-electron chi connectivity index (χ1n) is 9.44. The summed E-state index contributed by atoms with van der Waals surface area (Å²) in [5.74, 6) is -0.217. The Morgan fingerprint density at radius 1 is 1.00 bits per heavy atom. The van der Waals surface area contributed by atoms with E-state index in [2.05, 4.69) is 16.0 Å². The molecule has 2 rings (SSSR count). The smallest absolute Gasteiger partial charge is 0.227 e. The molecule has 1 aliphatic rings. The van der Waals surface area contributed by atoms with Crippen LogP contribution in [0.25, 0.3) is 0 Å². The highest BCUT2D eigenvalue weighted by atomic mass is 16.5. The van der Waals surface area contributed by atoms with Gasteiger partial charge in [-0.05, 0) is 50.3 Å². The Labute approximate surface area is 160 Å². The lowest BCUT2D eigenvalue weighted by Gasteiger charge is -2.27. The first-order chi connectivity index (χ1) is 13.0. The Balaban J connectivity index is 1.78. The maximum absolute atomic E-state index is 12.5. The highest BCUT2D eigenvalue weighted by Crippen LogP contribution is 2.30. The molecule has 7 heteroatoms. The molecule has 27 heavy (non-hydrogen) atoms. The monoisotopic (exact) mass is 375 g/mol. The molecule has 7 nitrogen and oxygen atoms in total. The van der Waals surface area contributed by atoms with Crippen LogP contribution in [0.2, 0.25) is 0 Å². The van der Waals surface area contributed by atoms with Crippen molar-refractivity contribution in [3.05, 3.63) is 24.3 Å². The average Bonchev–Trinajstić information content (AvgIpc) is 2.65. The van der Waals surface area contributed by atoms with E-state index in [1.807, 2.05) is 0 Å². The summed E-state index contributed by atoms with van der Waals surface area (Å²) >= 11 is 0. The summed E-state index contributed by atoms with van der Waals surface area (Å²) in [7, 11) is 1.64. The molecule has 0 saturated heterocycles. The molecule has 1 fully saturated rings. The molecule has 0 spiro atoms. The van der Waals surface area contributed by atoms with Gasteiger partial charge in [0.2, 0.25) is 17.7 Å². The number of nitrogens with one attached hydrogen (secondary N) is 3. The molecule has 0 atom stereocenters. The third kappa shape index (κ3) is 7.02. The molecule has 1 aromatic rings. The van der Waals surface area contributed by atoms with Gasteiger partial charge in [-0.2, -0.15) is 0 Å². The van der Waals surface area contributed by atoms with Gasteiger partial charge in [0.15, 0.2) is 0 Å². The van der Waals surface area contributed by atoms with E-state index < -0.39 is 0 Å². The van der Waals surface area contributed by atoms with Crippen LogP contribution in [-0.2, 0) is 19.1 Å². The second-order valence-corrected chi connectivity index (χ2v) is 6.94. The first kappa shape index (κ1) is 20.9. The van der Waals surface area contributed by atoms with Crippen LogP contribution in [-0.4, -0.2) is 38.0 Å². The Morgan fingerprint density at radius 2 is 1.59 bits per heavy atom. The summed E-state index contributed by atoms with van der Waals surface area (Å²) in [6.45, 7) is 2.70. The molecular formula is C20H29N3O4. The summed E-state index contributed by atoms with van der Waals surface area (Å²) in [5, 5.41) is 8.55. The molecule has 0 aliphatic heterocycles. The fraction of sp³-hybridized carbons (Fsp3) is 0.550. The summed E-state index contributed by atoms with van der Waals surface area (Å²) in [5.41, 5.74) is 1.30. The van der Waals surface area contributed by atoms with Gasteiger partial charge in [0.25, 0.3) is 0 Å². The van der Waals surface area contributed by atoms with E-state index in [0.29, 0.717) is 37.4 Å². The molecule has 1 aliphatic carbocycles. The number of carbonyl (C=O) groups excluding carboxylic acids is 3. The van der Waals surface area contributed by atoms with Gasteiger partial charge >= 0.3 is 0 Å². The summed E-state index contributed by atoms with van der Waals surface area (Å²) < 4.78 is 4.97. The fourth-order valence-electron chi connectivity index (χ4n) is 3.31. The van der Waals surface area contributed by atoms with Crippen LogP contribution in [0.5, 0.6) is 0 Å². The van der Waals surface area contributed by atoms with Crippen molar-refractivity contribution in [2.24, 2.45) is 11.8 Å². The third-order valence-electron chi connectivity index (χ3n) is 4.74. The van der Waals surface area contributed by atoms with E-state index in [1.165, 1.54) is 6.92 Å². The molecule has 0 heterocycles. The van der Waals surface area contributed by atoms with Crippen molar-refractivity contribution >= 4 is 29.1 Å². The van der Waals surface area contributed by atoms with Crippen molar-refractivity contribution in [1.82, 2.24) is 5.32 Å². The van der Waals surface area contributed by atoms with Gasteiger partial charge in [0.05, 0.1) is 0 Å². The molecule has 0 unspecified atom stereocenters. The summed E-state index contributed by atoms with van der Waals surface area (Å²) in [6.07, 6.45) is 3.65. The fourth-order valence-corrected chi connectivity index (χ4v) is 3.31. The summed E-state index contributed by atoms with van der Waals surface area (Å²) in [4.78, 5) is 35.8. The van der Waals surface area contributed by atoms with Gasteiger partial charge in [0.1, 0.15) is 0 Å². The maximum atomic E-state index is 12.5. The molecule has 0 aromatic heterocycles. The van der Waals surface area contributed by atoms with Crippen LogP contribution in [0.1, 0.15) is 39.0 Å². The van der Waals surface area contributed by atoms with Crippen molar-refractivity contribution < 1.29 is 19.1 Å².